The van der Waals surface area contributed by atoms with E-state index in [4.69, 9.17) is 5.73 Å². The second-order valence-electron chi connectivity index (χ2n) is 5.15. The van der Waals surface area contributed by atoms with Gasteiger partial charge >= 0.3 is 0 Å². The van der Waals surface area contributed by atoms with Crippen molar-refractivity contribution in [1.82, 2.24) is 9.97 Å². The van der Waals surface area contributed by atoms with Crippen LogP contribution >= 0.6 is 0 Å². The number of carbonyl (C=O) groups excluding carboxylic acids is 1. The number of rotatable bonds is 4. The minimum Gasteiger partial charge on any atom is -0.396 e. The Labute approximate surface area is 124 Å². The molecule has 1 aromatic heterocycles. The lowest BCUT2D eigenvalue weighted by Gasteiger charge is -2.11. The Morgan fingerprint density at radius 2 is 2.05 bits per heavy atom. The van der Waals surface area contributed by atoms with Crippen LogP contribution in [0.3, 0.4) is 0 Å². The Morgan fingerprint density at radius 1 is 1.33 bits per heavy atom. The van der Waals surface area contributed by atoms with Crippen molar-refractivity contribution in [3.05, 3.63) is 47.5 Å². The monoisotopic (exact) mass is 284 g/mol. The van der Waals surface area contributed by atoms with Gasteiger partial charge in [-0.3, -0.25) is 4.79 Å². The number of carbonyl (C=O) groups is 1. The van der Waals surface area contributed by atoms with Crippen molar-refractivity contribution in [2.45, 2.75) is 33.1 Å². The molecule has 2 rings (SSSR count). The molecule has 5 heteroatoms. The van der Waals surface area contributed by atoms with Crippen LogP contribution in [-0.4, -0.2) is 15.9 Å². The maximum absolute atomic E-state index is 12.4. The van der Waals surface area contributed by atoms with E-state index < -0.39 is 0 Å². The third-order valence-electron chi connectivity index (χ3n) is 3.21. The number of nitrogen functional groups attached to an aromatic ring is 1. The molecule has 0 unspecified atom stereocenters. The normalized spacial score (nSPS) is 10.7. The standard InChI is InChI=1S/C16H20N4O/c1-4-11-7-5-6-8-13(11)19-16(21)14-12(17)9-18-15(20-14)10(2)3/h5-10H,4,17H2,1-3H3,(H,19,21). The summed E-state index contributed by atoms with van der Waals surface area (Å²) >= 11 is 0. The number of anilines is 2. The lowest BCUT2D eigenvalue weighted by Crippen LogP contribution is -2.18. The predicted molar refractivity (Wildman–Crippen MR) is 84.3 cm³/mol. The molecule has 0 saturated heterocycles. The zero-order valence-electron chi connectivity index (χ0n) is 12.6. The zero-order chi connectivity index (χ0) is 15.4. The highest BCUT2D eigenvalue weighted by Gasteiger charge is 2.16. The van der Waals surface area contributed by atoms with E-state index in [-0.39, 0.29) is 23.2 Å². The molecule has 0 bridgehead atoms. The quantitative estimate of drug-likeness (QED) is 0.904. The molecule has 0 aliphatic heterocycles. The number of benzene rings is 1. The lowest BCUT2D eigenvalue weighted by molar-refractivity contribution is 0.102. The van der Waals surface area contributed by atoms with Crippen LogP contribution in [0.5, 0.6) is 0 Å². The summed E-state index contributed by atoms with van der Waals surface area (Å²) in [5.74, 6) is 0.441. The predicted octanol–water partition coefficient (Wildman–Crippen LogP) is 3.00. The van der Waals surface area contributed by atoms with Crippen LogP contribution in [0, 0.1) is 0 Å². The van der Waals surface area contributed by atoms with E-state index in [1.807, 2.05) is 45.0 Å². The number of hydrogen-bond donors (Lipinski definition) is 2. The van der Waals surface area contributed by atoms with Gasteiger partial charge in [0.2, 0.25) is 0 Å². The number of aryl methyl sites for hydroxylation is 1. The number of para-hydroxylation sites is 1. The Hall–Kier alpha value is -2.43. The SMILES string of the molecule is CCc1ccccc1NC(=O)c1nc(C(C)C)ncc1N. The Kier molecular flexibility index (Phi) is 4.52. The second kappa shape index (κ2) is 6.35. The van der Waals surface area contributed by atoms with Crippen molar-refractivity contribution < 1.29 is 4.79 Å². The number of nitrogens with two attached hydrogens (primary N) is 1. The van der Waals surface area contributed by atoms with Gasteiger partial charge in [0.1, 0.15) is 5.82 Å². The van der Waals surface area contributed by atoms with Crippen molar-refractivity contribution in [2.24, 2.45) is 0 Å². The smallest absolute Gasteiger partial charge is 0.276 e. The third kappa shape index (κ3) is 3.37. The first kappa shape index (κ1) is 15.0. The van der Waals surface area contributed by atoms with Crippen molar-refractivity contribution in [3.8, 4) is 0 Å². The first-order valence-electron chi connectivity index (χ1n) is 7.04. The van der Waals surface area contributed by atoms with Gasteiger partial charge in [0.05, 0.1) is 11.9 Å². The van der Waals surface area contributed by atoms with E-state index in [1.54, 1.807) is 0 Å². The minimum atomic E-state index is -0.308. The van der Waals surface area contributed by atoms with E-state index in [9.17, 15) is 4.79 Å². The van der Waals surface area contributed by atoms with Crippen molar-refractivity contribution >= 4 is 17.3 Å². The largest absolute Gasteiger partial charge is 0.396 e. The maximum Gasteiger partial charge on any atom is 0.276 e. The van der Waals surface area contributed by atoms with E-state index in [2.05, 4.69) is 15.3 Å². The van der Waals surface area contributed by atoms with Gasteiger partial charge in [0.25, 0.3) is 5.91 Å². The van der Waals surface area contributed by atoms with Gasteiger partial charge in [-0.15, -0.1) is 0 Å². The average Bonchev–Trinajstić information content (AvgIpc) is 2.47. The van der Waals surface area contributed by atoms with Crippen LogP contribution in [0.4, 0.5) is 11.4 Å². The summed E-state index contributed by atoms with van der Waals surface area (Å²) in [5, 5.41) is 2.88. The summed E-state index contributed by atoms with van der Waals surface area (Å²) in [7, 11) is 0. The molecule has 0 atom stereocenters. The molecule has 0 radical (unpaired) electrons. The van der Waals surface area contributed by atoms with E-state index >= 15 is 0 Å². The van der Waals surface area contributed by atoms with Crippen LogP contribution in [-0.2, 0) is 6.42 Å². The second-order valence-corrected chi connectivity index (χ2v) is 5.15. The number of amides is 1. The number of aromatic nitrogens is 2. The molecule has 0 spiro atoms. The molecule has 2 aromatic rings. The van der Waals surface area contributed by atoms with Gasteiger partial charge in [-0.05, 0) is 18.1 Å². The molecule has 1 aromatic carbocycles. The van der Waals surface area contributed by atoms with Crippen LogP contribution in [0.15, 0.2) is 30.5 Å². The van der Waals surface area contributed by atoms with Crippen molar-refractivity contribution in [3.63, 3.8) is 0 Å². The molecule has 0 aliphatic rings. The summed E-state index contributed by atoms with van der Waals surface area (Å²) in [6, 6.07) is 7.69. The lowest BCUT2D eigenvalue weighted by atomic mass is 10.1. The van der Waals surface area contributed by atoms with Crippen molar-refractivity contribution in [1.29, 1.82) is 0 Å². The fourth-order valence-corrected chi connectivity index (χ4v) is 2.00. The molecule has 21 heavy (non-hydrogen) atoms. The van der Waals surface area contributed by atoms with Gasteiger partial charge in [-0.2, -0.15) is 0 Å². The van der Waals surface area contributed by atoms with Crippen LogP contribution in [0.1, 0.15) is 48.6 Å². The van der Waals surface area contributed by atoms with Gasteiger partial charge in [-0.1, -0.05) is 39.0 Å². The topological polar surface area (TPSA) is 80.9 Å². The Balaban J connectivity index is 2.30. The maximum atomic E-state index is 12.4. The van der Waals surface area contributed by atoms with Gasteiger partial charge in [-0.25, -0.2) is 9.97 Å². The molecule has 0 fully saturated rings. The highest BCUT2D eigenvalue weighted by Crippen LogP contribution is 2.19. The molecular weight excluding hydrogens is 264 g/mol. The Morgan fingerprint density at radius 3 is 2.71 bits per heavy atom. The van der Waals surface area contributed by atoms with Gasteiger partial charge in [0, 0.05) is 11.6 Å². The summed E-state index contributed by atoms with van der Waals surface area (Å²) in [6.45, 7) is 5.99. The molecule has 0 aliphatic carbocycles. The minimum absolute atomic E-state index is 0.139. The average molecular weight is 284 g/mol. The first-order valence-corrected chi connectivity index (χ1v) is 7.04. The van der Waals surface area contributed by atoms with E-state index in [0.717, 1.165) is 17.7 Å². The molecule has 5 nitrogen and oxygen atoms in total. The van der Waals surface area contributed by atoms with Crippen LogP contribution in [0.25, 0.3) is 0 Å². The highest BCUT2D eigenvalue weighted by molar-refractivity contribution is 6.06. The molecule has 0 saturated carbocycles. The van der Waals surface area contributed by atoms with E-state index in [0.29, 0.717) is 5.82 Å². The number of nitrogens with one attached hydrogen (secondary N) is 1. The summed E-state index contributed by atoms with van der Waals surface area (Å²) in [4.78, 5) is 20.8. The van der Waals surface area contributed by atoms with Gasteiger partial charge < -0.3 is 11.1 Å². The summed E-state index contributed by atoms with van der Waals surface area (Å²) in [5.41, 5.74) is 8.19. The van der Waals surface area contributed by atoms with Gasteiger partial charge in [0.15, 0.2) is 5.69 Å². The molecule has 3 N–H and O–H groups in total. The van der Waals surface area contributed by atoms with Crippen LogP contribution in [0.2, 0.25) is 0 Å². The molecule has 1 amide bonds. The summed E-state index contributed by atoms with van der Waals surface area (Å²) < 4.78 is 0. The Bertz CT molecular complexity index is 652. The highest BCUT2D eigenvalue weighted by atomic mass is 16.1. The van der Waals surface area contributed by atoms with Crippen LogP contribution < -0.4 is 11.1 Å². The third-order valence-corrected chi connectivity index (χ3v) is 3.21. The van der Waals surface area contributed by atoms with E-state index in [1.165, 1.54) is 6.20 Å². The fraction of sp³-hybridized carbons (Fsp3) is 0.312. The molecule has 1 heterocycles. The number of nitrogens with zero attached hydrogens (tertiary/aromatic N) is 2. The zero-order valence-corrected chi connectivity index (χ0v) is 12.6. The van der Waals surface area contributed by atoms with Crippen molar-refractivity contribution in [2.75, 3.05) is 11.1 Å². The molecular formula is C16H20N4O. The fourth-order valence-electron chi connectivity index (χ4n) is 2.00. The first-order chi connectivity index (χ1) is 10.0. The summed E-state index contributed by atoms with van der Waals surface area (Å²) in [6.07, 6.45) is 2.33. The number of hydrogen-bond acceptors (Lipinski definition) is 4. The molecule has 110 valence electrons.